The first kappa shape index (κ1) is 19.2. The summed E-state index contributed by atoms with van der Waals surface area (Å²) in [6.45, 7) is 3.54. The number of sulfonamides is 1. The topological polar surface area (TPSA) is 71.1 Å². The van der Waals surface area contributed by atoms with Crippen LogP contribution in [0.2, 0.25) is 0 Å². The molecule has 0 amide bonds. The van der Waals surface area contributed by atoms with Crippen molar-refractivity contribution in [3.63, 3.8) is 0 Å². The summed E-state index contributed by atoms with van der Waals surface area (Å²) < 4.78 is 64.5. The number of benzene rings is 1. The molecule has 1 heterocycles. The normalized spacial score (nSPS) is 12.4. The van der Waals surface area contributed by atoms with E-state index in [-0.39, 0.29) is 17.5 Å². The van der Waals surface area contributed by atoms with E-state index in [0.29, 0.717) is 11.4 Å². The highest BCUT2D eigenvalue weighted by molar-refractivity contribution is 7.89. The van der Waals surface area contributed by atoms with Crippen LogP contribution in [0.15, 0.2) is 47.5 Å². The van der Waals surface area contributed by atoms with Gasteiger partial charge in [0.2, 0.25) is 10.0 Å². The predicted molar refractivity (Wildman–Crippen MR) is 88.5 cm³/mol. The van der Waals surface area contributed by atoms with E-state index in [1.165, 1.54) is 24.4 Å². The molecule has 0 aliphatic heterocycles. The molecule has 0 atom stereocenters. The zero-order valence-electron chi connectivity index (χ0n) is 13.6. The van der Waals surface area contributed by atoms with Gasteiger partial charge in [-0.2, -0.15) is 13.2 Å². The maximum Gasteiger partial charge on any atom is 0.416 e. The van der Waals surface area contributed by atoms with Crippen LogP contribution >= 0.6 is 0 Å². The standard InChI is InChI=1S/C16H18F3N3O2S/c1-11(2)22-25(23,24)14-6-7-15(21-10-14)20-9-12-4-3-5-13(8-12)16(17,18)19/h3-8,10-11,22H,9H2,1-2H3,(H,20,21). The Hall–Kier alpha value is -2.13. The van der Waals surface area contributed by atoms with Gasteiger partial charge >= 0.3 is 6.18 Å². The van der Waals surface area contributed by atoms with Gasteiger partial charge < -0.3 is 5.32 Å². The summed E-state index contributed by atoms with van der Waals surface area (Å²) >= 11 is 0. The molecule has 2 aromatic rings. The van der Waals surface area contributed by atoms with Gasteiger partial charge in [0.25, 0.3) is 0 Å². The van der Waals surface area contributed by atoms with E-state index >= 15 is 0 Å². The van der Waals surface area contributed by atoms with Crippen molar-refractivity contribution in [3.05, 3.63) is 53.7 Å². The number of anilines is 1. The predicted octanol–water partition coefficient (Wildman–Crippen LogP) is 3.40. The van der Waals surface area contributed by atoms with Gasteiger partial charge in [-0.15, -0.1) is 0 Å². The number of alkyl halides is 3. The van der Waals surface area contributed by atoms with E-state index in [0.717, 1.165) is 12.1 Å². The molecule has 0 spiro atoms. The van der Waals surface area contributed by atoms with Crippen molar-refractivity contribution in [2.75, 3.05) is 5.32 Å². The lowest BCUT2D eigenvalue weighted by Gasteiger charge is -2.11. The average molecular weight is 373 g/mol. The van der Waals surface area contributed by atoms with E-state index in [1.807, 2.05) is 0 Å². The van der Waals surface area contributed by atoms with Crippen molar-refractivity contribution < 1.29 is 21.6 Å². The third-order valence-corrected chi connectivity index (χ3v) is 4.81. The maximum absolute atomic E-state index is 12.7. The lowest BCUT2D eigenvalue weighted by atomic mass is 10.1. The first-order valence-electron chi connectivity index (χ1n) is 7.46. The minimum atomic E-state index is -4.40. The molecule has 0 saturated carbocycles. The Balaban J connectivity index is 2.05. The summed E-state index contributed by atoms with van der Waals surface area (Å²) in [5.74, 6) is 0.362. The molecule has 0 saturated heterocycles. The highest BCUT2D eigenvalue weighted by Gasteiger charge is 2.30. The first-order valence-corrected chi connectivity index (χ1v) is 8.94. The van der Waals surface area contributed by atoms with Crippen molar-refractivity contribution in [1.82, 2.24) is 9.71 Å². The minimum absolute atomic E-state index is 0.0193. The second-order valence-electron chi connectivity index (χ2n) is 5.71. The Bertz CT molecular complexity index is 819. The molecular formula is C16H18F3N3O2S. The van der Waals surface area contributed by atoms with Crippen LogP contribution in [-0.4, -0.2) is 19.4 Å². The molecule has 9 heteroatoms. The lowest BCUT2D eigenvalue weighted by molar-refractivity contribution is -0.137. The number of nitrogens with one attached hydrogen (secondary N) is 2. The fourth-order valence-electron chi connectivity index (χ4n) is 2.07. The van der Waals surface area contributed by atoms with Crippen LogP contribution in [0.4, 0.5) is 19.0 Å². The second kappa shape index (κ2) is 7.40. The Morgan fingerprint density at radius 2 is 1.88 bits per heavy atom. The van der Waals surface area contributed by atoms with E-state index in [2.05, 4.69) is 15.0 Å². The number of halogens is 3. The minimum Gasteiger partial charge on any atom is -0.366 e. The fourth-order valence-corrected chi connectivity index (χ4v) is 3.27. The van der Waals surface area contributed by atoms with Gasteiger partial charge in [-0.25, -0.2) is 18.1 Å². The zero-order valence-corrected chi connectivity index (χ0v) is 14.4. The summed E-state index contributed by atoms with van der Waals surface area (Å²) in [5, 5.41) is 2.87. The van der Waals surface area contributed by atoms with Crippen molar-refractivity contribution in [3.8, 4) is 0 Å². The second-order valence-corrected chi connectivity index (χ2v) is 7.42. The van der Waals surface area contributed by atoms with Gasteiger partial charge in [0.05, 0.1) is 5.56 Å². The van der Waals surface area contributed by atoms with Gasteiger partial charge in [-0.05, 0) is 43.7 Å². The highest BCUT2D eigenvalue weighted by atomic mass is 32.2. The van der Waals surface area contributed by atoms with Crippen LogP contribution < -0.4 is 10.0 Å². The van der Waals surface area contributed by atoms with Gasteiger partial charge in [-0.1, -0.05) is 12.1 Å². The number of aromatic nitrogens is 1. The smallest absolute Gasteiger partial charge is 0.366 e. The van der Waals surface area contributed by atoms with Gasteiger partial charge in [-0.3, -0.25) is 0 Å². The number of pyridine rings is 1. The molecule has 0 aliphatic carbocycles. The summed E-state index contributed by atoms with van der Waals surface area (Å²) in [7, 11) is -3.63. The van der Waals surface area contributed by atoms with Crippen molar-refractivity contribution in [2.24, 2.45) is 0 Å². The van der Waals surface area contributed by atoms with Crippen molar-refractivity contribution >= 4 is 15.8 Å². The Morgan fingerprint density at radius 3 is 2.44 bits per heavy atom. The average Bonchev–Trinajstić information content (AvgIpc) is 2.51. The molecule has 5 nitrogen and oxygen atoms in total. The largest absolute Gasteiger partial charge is 0.416 e. The monoisotopic (exact) mass is 373 g/mol. The van der Waals surface area contributed by atoms with Crippen LogP contribution in [0.3, 0.4) is 0 Å². The molecular weight excluding hydrogens is 355 g/mol. The molecule has 0 unspecified atom stereocenters. The number of rotatable bonds is 6. The van der Waals surface area contributed by atoms with Crippen LogP contribution in [0, 0.1) is 0 Å². The zero-order chi connectivity index (χ0) is 18.7. The Morgan fingerprint density at radius 1 is 1.16 bits per heavy atom. The molecule has 1 aromatic heterocycles. The number of nitrogens with zero attached hydrogens (tertiary/aromatic N) is 1. The quantitative estimate of drug-likeness (QED) is 0.814. The first-order chi connectivity index (χ1) is 11.6. The number of hydrogen-bond acceptors (Lipinski definition) is 4. The third-order valence-electron chi connectivity index (χ3n) is 3.17. The Labute approximate surface area is 144 Å². The van der Waals surface area contributed by atoms with Gasteiger partial charge in [0.1, 0.15) is 10.7 Å². The van der Waals surface area contributed by atoms with Gasteiger partial charge in [0.15, 0.2) is 0 Å². The maximum atomic E-state index is 12.7. The summed E-state index contributed by atoms with van der Waals surface area (Å²) in [5.41, 5.74) is -0.282. The molecule has 2 N–H and O–H groups in total. The molecule has 2 rings (SSSR count). The van der Waals surface area contributed by atoms with Crippen molar-refractivity contribution in [1.29, 1.82) is 0 Å². The molecule has 0 bridgehead atoms. The van der Waals surface area contributed by atoms with E-state index < -0.39 is 21.8 Å². The lowest BCUT2D eigenvalue weighted by Crippen LogP contribution is -2.30. The SMILES string of the molecule is CC(C)NS(=O)(=O)c1ccc(NCc2cccc(C(F)(F)F)c2)nc1. The molecule has 0 fully saturated rings. The molecule has 136 valence electrons. The Kier molecular flexibility index (Phi) is 5.69. The fraction of sp³-hybridized carbons (Fsp3) is 0.312. The van der Waals surface area contributed by atoms with Crippen LogP contribution in [0.5, 0.6) is 0 Å². The van der Waals surface area contributed by atoms with E-state index in [1.54, 1.807) is 19.9 Å². The summed E-state index contributed by atoms with van der Waals surface area (Å²) in [6, 6.07) is 7.55. The molecule has 25 heavy (non-hydrogen) atoms. The molecule has 0 aliphatic rings. The van der Waals surface area contributed by atoms with E-state index in [9.17, 15) is 21.6 Å². The third kappa shape index (κ3) is 5.43. The molecule has 1 aromatic carbocycles. The summed E-state index contributed by atoms with van der Waals surface area (Å²) in [4.78, 5) is 4.01. The summed E-state index contributed by atoms with van der Waals surface area (Å²) in [6.07, 6.45) is -3.20. The van der Waals surface area contributed by atoms with Crippen molar-refractivity contribution in [2.45, 2.75) is 37.5 Å². The van der Waals surface area contributed by atoms with E-state index in [4.69, 9.17) is 0 Å². The van der Waals surface area contributed by atoms with Crippen LogP contribution in [-0.2, 0) is 22.7 Å². The van der Waals surface area contributed by atoms with Gasteiger partial charge in [0, 0.05) is 18.8 Å². The van der Waals surface area contributed by atoms with Crippen LogP contribution in [0.25, 0.3) is 0 Å². The van der Waals surface area contributed by atoms with Crippen LogP contribution in [0.1, 0.15) is 25.0 Å². The molecule has 0 radical (unpaired) electrons. The number of hydrogen-bond donors (Lipinski definition) is 2. The highest BCUT2D eigenvalue weighted by Crippen LogP contribution is 2.29.